The lowest BCUT2D eigenvalue weighted by molar-refractivity contribution is 0.255. The molecule has 0 spiro atoms. The lowest BCUT2D eigenvalue weighted by atomic mass is 9.79. The van der Waals surface area contributed by atoms with Crippen LogP contribution in [0.1, 0.15) is 38.2 Å². The summed E-state index contributed by atoms with van der Waals surface area (Å²) in [5.74, 6) is 0.874. The van der Waals surface area contributed by atoms with Crippen LogP contribution in [0.5, 0.6) is 0 Å². The second-order valence-corrected chi connectivity index (χ2v) is 7.82. The molecule has 1 nitrogen and oxygen atoms in total. The van der Waals surface area contributed by atoms with E-state index in [1.807, 2.05) is 6.07 Å². The van der Waals surface area contributed by atoms with E-state index in [2.05, 4.69) is 40.3 Å². The predicted octanol–water partition coefficient (Wildman–Crippen LogP) is 4.81. The van der Waals surface area contributed by atoms with E-state index in [0.717, 1.165) is 34.4 Å². The van der Waals surface area contributed by atoms with E-state index < -0.39 is 0 Å². The highest BCUT2D eigenvalue weighted by Crippen LogP contribution is 2.48. The van der Waals surface area contributed by atoms with Crippen molar-refractivity contribution in [1.82, 2.24) is 5.32 Å². The average Bonchev–Trinajstić information content (AvgIpc) is 3.24. The Morgan fingerprint density at radius 3 is 2.63 bits per heavy atom. The molecule has 104 valence electrons. The van der Waals surface area contributed by atoms with Crippen LogP contribution in [-0.4, -0.2) is 12.6 Å². The lowest BCUT2D eigenvalue weighted by Crippen LogP contribution is -2.36. The fraction of sp³-hybridized carbons (Fsp3) is 0.625. The quantitative estimate of drug-likeness (QED) is 0.782. The maximum Gasteiger partial charge on any atom is 0.0449 e. The lowest BCUT2D eigenvalue weighted by Gasteiger charge is -2.31. The molecule has 1 unspecified atom stereocenters. The maximum atomic E-state index is 6.39. The summed E-state index contributed by atoms with van der Waals surface area (Å²) in [6.45, 7) is 3.56. The van der Waals surface area contributed by atoms with Crippen LogP contribution in [0.4, 0.5) is 0 Å². The summed E-state index contributed by atoms with van der Waals surface area (Å²) in [6, 6.07) is 7.07. The van der Waals surface area contributed by atoms with Gasteiger partial charge in [-0.3, -0.25) is 0 Å². The van der Waals surface area contributed by atoms with Crippen molar-refractivity contribution in [2.75, 3.05) is 6.54 Å². The summed E-state index contributed by atoms with van der Waals surface area (Å²) in [6.07, 6.45) is 6.58. The first kappa shape index (κ1) is 13.9. The Hall–Kier alpha value is -0.0500. The molecular weight excluding hydrogens is 322 g/mol. The minimum absolute atomic E-state index is 0.361. The van der Waals surface area contributed by atoms with Gasteiger partial charge in [0.25, 0.3) is 0 Å². The van der Waals surface area contributed by atoms with E-state index in [9.17, 15) is 0 Å². The van der Waals surface area contributed by atoms with Crippen LogP contribution in [0.3, 0.4) is 0 Å². The number of halogens is 2. The molecule has 1 atom stereocenters. The van der Waals surface area contributed by atoms with Gasteiger partial charge in [0, 0.05) is 22.1 Å². The largest absolute Gasteiger partial charge is 0.313 e. The van der Waals surface area contributed by atoms with Gasteiger partial charge in [-0.1, -0.05) is 40.5 Å². The van der Waals surface area contributed by atoms with Gasteiger partial charge in [-0.05, 0) is 61.1 Å². The first-order valence-corrected chi connectivity index (χ1v) is 8.41. The van der Waals surface area contributed by atoms with Crippen molar-refractivity contribution >= 4 is 27.5 Å². The maximum absolute atomic E-state index is 6.39. The van der Waals surface area contributed by atoms with Crippen LogP contribution in [0.25, 0.3) is 0 Å². The van der Waals surface area contributed by atoms with Crippen LogP contribution >= 0.6 is 27.5 Å². The second kappa shape index (κ2) is 5.38. The normalized spacial score (nSPS) is 22.3. The number of rotatable bonds is 6. The van der Waals surface area contributed by atoms with Gasteiger partial charge < -0.3 is 5.32 Å². The summed E-state index contributed by atoms with van der Waals surface area (Å²) in [7, 11) is 0. The Kier molecular flexibility index (Phi) is 3.94. The highest BCUT2D eigenvalue weighted by atomic mass is 79.9. The van der Waals surface area contributed by atoms with Crippen molar-refractivity contribution in [2.45, 2.75) is 45.1 Å². The third-order valence-electron chi connectivity index (χ3n) is 4.54. The van der Waals surface area contributed by atoms with Crippen LogP contribution in [-0.2, 0) is 6.42 Å². The number of hydrogen-bond acceptors (Lipinski definition) is 1. The molecule has 0 heterocycles. The van der Waals surface area contributed by atoms with Gasteiger partial charge in [-0.15, -0.1) is 0 Å². The molecule has 0 radical (unpaired) electrons. The molecule has 0 saturated heterocycles. The Morgan fingerprint density at radius 1 is 1.32 bits per heavy atom. The first-order valence-electron chi connectivity index (χ1n) is 7.24. The minimum atomic E-state index is 0.361. The van der Waals surface area contributed by atoms with E-state index in [0.29, 0.717) is 5.41 Å². The summed E-state index contributed by atoms with van der Waals surface area (Å²) in [5.41, 5.74) is 1.65. The Balaban J connectivity index is 1.72. The molecule has 19 heavy (non-hydrogen) atoms. The molecule has 3 rings (SSSR count). The summed E-state index contributed by atoms with van der Waals surface area (Å²) in [5, 5.41) is 4.61. The Labute approximate surface area is 129 Å². The first-order chi connectivity index (χ1) is 9.07. The molecule has 2 saturated carbocycles. The number of hydrogen-bond donors (Lipinski definition) is 1. The third-order valence-corrected chi connectivity index (χ3v) is 5.39. The van der Waals surface area contributed by atoms with Gasteiger partial charge in [0.15, 0.2) is 0 Å². The zero-order chi connectivity index (χ0) is 13.5. The summed E-state index contributed by atoms with van der Waals surface area (Å²) in [4.78, 5) is 0. The van der Waals surface area contributed by atoms with Gasteiger partial charge in [0.2, 0.25) is 0 Å². The monoisotopic (exact) mass is 341 g/mol. The summed E-state index contributed by atoms with van der Waals surface area (Å²) < 4.78 is 1.06. The molecule has 1 aromatic rings. The summed E-state index contributed by atoms with van der Waals surface area (Å²) >= 11 is 9.86. The molecule has 1 aromatic carbocycles. The van der Waals surface area contributed by atoms with E-state index in [-0.39, 0.29) is 0 Å². The van der Waals surface area contributed by atoms with E-state index >= 15 is 0 Å². The molecule has 0 bridgehead atoms. The Bertz CT molecular complexity index is 468. The minimum Gasteiger partial charge on any atom is -0.313 e. The fourth-order valence-corrected chi connectivity index (χ4v) is 3.64. The van der Waals surface area contributed by atoms with Crippen LogP contribution in [0, 0.1) is 11.3 Å². The molecule has 0 aliphatic heterocycles. The zero-order valence-corrected chi connectivity index (χ0v) is 13.7. The highest BCUT2D eigenvalue weighted by Gasteiger charge is 2.42. The second-order valence-electron chi connectivity index (χ2n) is 6.50. The molecule has 0 amide bonds. The molecular formula is C16H21BrClN. The van der Waals surface area contributed by atoms with Crippen LogP contribution in [0.15, 0.2) is 22.7 Å². The van der Waals surface area contributed by atoms with Crippen LogP contribution in [0.2, 0.25) is 5.02 Å². The van der Waals surface area contributed by atoms with E-state index in [1.165, 1.54) is 31.2 Å². The highest BCUT2D eigenvalue weighted by molar-refractivity contribution is 9.10. The standard InChI is InChI=1S/C16H21BrClN/c1-16(12-3-4-12,10-19-14-6-7-14)9-11-2-5-13(17)8-15(11)18/h2,5,8,12,14,19H,3-4,6-7,9-10H2,1H3. The average molecular weight is 343 g/mol. The number of benzene rings is 1. The molecule has 0 aromatic heterocycles. The van der Waals surface area contributed by atoms with Crippen molar-refractivity contribution in [3.63, 3.8) is 0 Å². The van der Waals surface area contributed by atoms with E-state index in [4.69, 9.17) is 11.6 Å². The molecule has 2 aliphatic carbocycles. The van der Waals surface area contributed by atoms with Gasteiger partial charge >= 0.3 is 0 Å². The molecule has 3 heteroatoms. The van der Waals surface area contributed by atoms with Crippen molar-refractivity contribution in [3.05, 3.63) is 33.3 Å². The van der Waals surface area contributed by atoms with Crippen molar-refractivity contribution in [2.24, 2.45) is 11.3 Å². The van der Waals surface area contributed by atoms with Crippen LogP contribution < -0.4 is 5.32 Å². The van der Waals surface area contributed by atoms with Crippen molar-refractivity contribution in [1.29, 1.82) is 0 Å². The fourth-order valence-electron chi connectivity index (χ4n) is 2.90. The topological polar surface area (TPSA) is 12.0 Å². The molecule has 1 N–H and O–H groups in total. The Morgan fingerprint density at radius 2 is 2.05 bits per heavy atom. The SMILES string of the molecule is CC(CNC1CC1)(Cc1ccc(Br)cc1Cl)C1CC1. The smallest absolute Gasteiger partial charge is 0.0449 e. The van der Waals surface area contributed by atoms with Gasteiger partial charge in [0.1, 0.15) is 0 Å². The number of nitrogens with one attached hydrogen (secondary N) is 1. The third kappa shape index (κ3) is 3.53. The van der Waals surface area contributed by atoms with Gasteiger partial charge in [0.05, 0.1) is 0 Å². The van der Waals surface area contributed by atoms with E-state index in [1.54, 1.807) is 0 Å². The molecule has 2 aliphatic rings. The van der Waals surface area contributed by atoms with Gasteiger partial charge in [-0.2, -0.15) is 0 Å². The van der Waals surface area contributed by atoms with Gasteiger partial charge in [-0.25, -0.2) is 0 Å². The zero-order valence-electron chi connectivity index (χ0n) is 11.4. The predicted molar refractivity (Wildman–Crippen MR) is 84.7 cm³/mol. The van der Waals surface area contributed by atoms with Crippen molar-refractivity contribution < 1.29 is 0 Å². The van der Waals surface area contributed by atoms with Crippen molar-refractivity contribution in [3.8, 4) is 0 Å². The molecule has 2 fully saturated rings.